The Bertz CT molecular complexity index is 864. The van der Waals surface area contributed by atoms with E-state index >= 15 is 0 Å². The number of nitrogen functional groups attached to an aromatic ring is 1. The van der Waals surface area contributed by atoms with Crippen LogP contribution in [0.3, 0.4) is 0 Å². The number of aryl methyl sites for hydroxylation is 1. The smallest absolute Gasteiger partial charge is 0.238 e. The third-order valence-corrected chi connectivity index (χ3v) is 5.75. The van der Waals surface area contributed by atoms with E-state index in [-0.39, 0.29) is 5.91 Å². The molecule has 0 aliphatic rings. The summed E-state index contributed by atoms with van der Waals surface area (Å²) in [7, 11) is 0. The number of hydrogen-bond donors (Lipinski definition) is 3. The van der Waals surface area contributed by atoms with Gasteiger partial charge in [0.25, 0.3) is 0 Å². The molecule has 0 fully saturated rings. The first kappa shape index (κ1) is 23.3. The van der Waals surface area contributed by atoms with Crippen LogP contribution in [0.25, 0.3) is 0 Å². The molecule has 0 aliphatic heterocycles. The minimum atomic E-state index is -1.13. The Kier molecular flexibility index (Phi) is 7.94. The number of anilines is 1. The van der Waals surface area contributed by atoms with Crippen molar-refractivity contribution >= 4 is 17.6 Å². The molecule has 7 nitrogen and oxygen atoms in total. The number of likely N-dealkylation sites (N-methyl/N-ethyl adjacent to an activating group) is 1. The highest BCUT2D eigenvalue weighted by atomic mass is 16.2. The summed E-state index contributed by atoms with van der Waals surface area (Å²) >= 11 is 0. The van der Waals surface area contributed by atoms with E-state index in [1.165, 1.54) is 0 Å². The van der Waals surface area contributed by atoms with Crippen LogP contribution in [0.2, 0.25) is 0 Å². The zero-order chi connectivity index (χ0) is 22.3. The summed E-state index contributed by atoms with van der Waals surface area (Å²) < 4.78 is 0. The van der Waals surface area contributed by atoms with Gasteiger partial charge in [0.15, 0.2) is 0 Å². The minimum Gasteiger partial charge on any atom is -0.384 e. The molecule has 2 amide bonds. The van der Waals surface area contributed by atoms with Gasteiger partial charge < -0.3 is 16.8 Å². The second-order valence-corrected chi connectivity index (χ2v) is 7.74. The highest BCUT2D eigenvalue weighted by Gasteiger charge is 2.47. The van der Waals surface area contributed by atoms with E-state index in [0.29, 0.717) is 31.9 Å². The molecule has 0 saturated heterocycles. The predicted molar refractivity (Wildman–Crippen MR) is 119 cm³/mol. The van der Waals surface area contributed by atoms with E-state index in [9.17, 15) is 9.59 Å². The monoisotopic (exact) mass is 411 g/mol. The van der Waals surface area contributed by atoms with E-state index < -0.39 is 17.4 Å². The van der Waals surface area contributed by atoms with Crippen molar-refractivity contribution in [1.29, 1.82) is 0 Å². The summed E-state index contributed by atoms with van der Waals surface area (Å²) in [6, 6.07) is 11.5. The molecule has 2 atom stereocenters. The lowest BCUT2D eigenvalue weighted by Gasteiger charge is -2.42. The summed E-state index contributed by atoms with van der Waals surface area (Å²) in [4.78, 5) is 32.1. The largest absolute Gasteiger partial charge is 0.384 e. The highest BCUT2D eigenvalue weighted by molar-refractivity contribution is 5.92. The van der Waals surface area contributed by atoms with E-state index in [1.54, 1.807) is 19.2 Å². The van der Waals surface area contributed by atoms with Crippen LogP contribution in [-0.2, 0) is 22.6 Å². The number of pyridine rings is 1. The van der Waals surface area contributed by atoms with Crippen molar-refractivity contribution in [2.24, 2.45) is 11.7 Å². The molecule has 0 saturated carbocycles. The Morgan fingerprint density at radius 1 is 1.17 bits per heavy atom. The maximum absolute atomic E-state index is 13.4. The molecule has 1 heterocycles. The fourth-order valence-electron chi connectivity index (χ4n) is 3.90. The zero-order valence-corrected chi connectivity index (χ0v) is 18.3. The third-order valence-electron chi connectivity index (χ3n) is 5.75. The Balaban J connectivity index is 2.36. The van der Waals surface area contributed by atoms with Crippen LogP contribution in [0.15, 0.2) is 42.6 Å². The average Bonchev–Trinajstić information content (AvgIpc) is 2.72. The molecule has 2 rings (SSSR count). The lowest BCUT2D eigenvalue weighted by Crippen LogP contribution is -2.63. The molecular formula is C23H33N5O2. The first-order valence-electron chi connectivity index (χ1n) is 10.3. The molecule has 5 N–H and O–H groups in total. The van der Waals surface area contributed by atoms with Crippen molar-refractivity contribution in [2.75, 3.05) is 18.8 Å². The van der Waals surface area contributed by atoms with Crippen LogP contribution >= 0.6 is 0 Å². The average molecular weight is 412 g/mol. The number of benzene rings is 1. The van der Waals surface area contributed by atoms with Gasteiger partial charge in [-0.05, 0) is 50.6 Å². The van der Waals surface area contributed by atoms with Gasteiger partial charge in [-0.2, -0.15) is 0 Å². The number of primary amides is 1. The number of aromatic nitrogens is 1. The van der Waals surface area contributed by atoms with Crippen molar-refractivity contribution in [3.8, 4) is 0 Å². The molecule has 0 radical (unpaired) electrons. The Labute approximate surface area is 178 Å². The molecule has 162 valence electrons. The van der Waals surface area contributed by atoms with Gasteiger partial charge >= 0.3 is 0 Å². The van der Waals surface area contributed by atoms with Crippen molar-refractivity contribution in [3.05, 3.63) is 59.3 Å². The SMILES string of the molecule is CCN(CC)C(C)(C(N)=O)[C@H](Cc1cccc(C)c1)C(=O)NCc1ccc(N)nc1. The molecule has 0 bridgehead atoms. The summed E-state index contributed by atoms with van der Waals surface area (Å²) in [5, 5.41) is 2.96. The molecule has 1 aromatic heterocycles. The number of nitrogens with one attached hydrogen (secondary N) is 1. The van der Waals surface area contributed by atoms with Crippen LogP contribution < -0.4 is 16.8 Å². The number of hydrogen-bond acceptors (Lipinski definition) is 5. The van der Waals surface area contributed by atoms with Gasteiger partial charge in [0.2, 0.25) is 11.8 Å². The van der Waals surface area contributed by atoms with Gasteiger partial charge in [-0.3, -0.25) is 14.5 Å². The van der Waals surface area contributed by atoms with Crippen LogP contribution in [0.5, 0.6) is 0 Å². The van der Waals surface area contributed by atoms with Crippen molar-refractivity contribution in [2.45, 2.75) is 46.2 Å². The van der Waals surface area contributed by atoms with Crippen molar-refractivity contribution in [1.82, 2.24) is 15.2 Å². The standard InChI is InChI=1S/C23H33N5O2/c1-5-28(6-2)23(4,22(25)30)19(13-17-9-7-8-16(3)12-17)21(29)27-15-18-10-11-20(24)26-14-18/h7-12,14,19H,5-6,13,15H2,1-4H3,(H2,24,26)(H2,25,30)(H,27,29)/t19-,23?/m1/s1. The second kappa shape index (κ2) is 10.2. The molecule has 0 spiro atoms. The van der Waals surface area contributed by atoms with Crippen molar-refractivity contribution < 1.29 is 9.59 Å². The first-order chi connectivity index (χ1) is 14.2. The molecular weight excluding hydrogens is 378 g/mol. The Morgan fingerprint density at radius 3 is 2.40 bits per heavy atom. The fourth-order valence-corrected chi connectivity index (χ4v) is 3.90. The Morgan fingerprint density at radius 2 is 1.87 bits per heavy atom. The zero-order valence-electron chi connectivity index (χ0n) is 18.3. The lowest BCUT2D eigenvalue weighted by molar-refractivity contribution is -0.142. The second-order valence-electron chi connectivity index (χ2n) is 7.74. The molecule has 2 aromatic rings. The van der Waals surface area contributed by atoms with Crippen LogP contribution in [0, 0.1) is 12.8 Å². The van der Waals surface area contributed by atoms with Gasteiger partial charge in [0, 0.05) is 12.7 Å². The minimum absolute atomic E-state index is 0.221. The number of rotatable bonds is 10. The molecule has 7 heteroatoms. The van der Waals surface area contributed by atoms with Gasteiger partial charge in [0.05, 0.1) is 5.92 Å². The Hall–Kier alpha value is -2.93. The molecule has 1 unspecified atom stereocenters. The van der Waals surface area contributed by atoms with Crippen LogP contribution in [0.1, 0.15) is 37.5 Å². The summed E-state index contributed by atoms with van der Waals surface area (Å²) in [5.74, 6) is -0.960. The van der Waals surface area contributed by atoms with Gasteiger partial charge in [-0.1, -0.05) is 49.7 Å². The van der Waals surface area contributed by atoms with Crippen LogP contribution in [-0.4, -0.2) is 40.3 Å². The van der Waals surface area contributed by atoms with Crippen molar-refractivity contribution in [3.63, 3.8) is 0 Å². The summed E-state index contributed by atoms with van der Waals surface area (Å²) in [6.45, 7) is 9.21. The summed E-state index contributed by atoms with van der Waals surface area (Å²) in [5.41, 5.74) is 13.3. The lowest BCUT2D eigenvalue weighted by atomic mass is 9.78. The van der Waals surface area contributed by atoms with E-state index in [1.807, 2.05) is 56.0 Å². The van der Waals surface area contributed by atoms with E-state index in [2.05, 4.69) is 10.3 Å². The maximum Gasteiger partial charge on any atom is 0.238 e. The quantitative estimate of drug-likeness (QED) is 0.553. The normalized spacial score (nSPS) is 14.2. The van der Waals surface area contributed by atoms with Crippen LogP contribution in [0.4, 0.5) is 5.82 Å². The number of nitrogens with two attached hydrogens (primary N) is 2. The highest BCUT2D eigenvalue weighted by Crippen LogP contribution is 2.29. The number of carbonyl (C=O) groups is 2. The third kappa shape index (κ3) is 5.36. The topological polar surface area (TPSA) is 114 Å². The predicted octanol–water partition coefficient (Wildman–Crippen LogP) is 2.03. The first-order valence-corrected chi connectivity index (χ1v) is 10.3. The van der Waals surface area contributed by atoms with E-state index in [0.717, 1.165) is 16.7 Å². The maximum atomic E-state index is 13.4. The van der Waals surface area contributed by atoms with Gasteiger partial charge in [0.1, 0.15) is 11.4 Å². The number of nitrogens with zero attached hydrogens (tertiary/aromatic N) is 2. The number of amides is 2. The van der Waals surface area contributed by atoms with Gasteiger partial charge in [-0.15, -0.1) is 0 Å². The molecule has 30 heavy (non-hydrogen) atoms. The van der Waals surface area contributed by atoms with Gasteiger partial charge in [-0.25, -0.2) is 4.98 Å². The van der Waals surface area contributed by atoms with E-state index in [4.69, 9.17) is 11.5 Å². The summed E-state index contributed by atoms with van der Waals surface area (Å²) in [6.07, 6.45) is 2.03. The fraction of sp³-hybridized carbons (Fsp3) is 0.435. The molecule has 0 aliphatic carbocycles. The molecule has 1 aromatic carbocycles. The number of carbonyl (C=O) groups excluding carboxylic acids is 2.